The van der Waals surface area contributed by atoms with Crippen LogP contribution in [0.5, 0.6) is 0 Å². The SMILES string of the molecule is CCCN(C(=O)CC)[C@H](C)CC. The highest BCUT2D eigenvalue weighted by Crippen LogP contribution is 2.06. The van der Waals surface area contributed by atoms with Gasteiger partial charge in [0.15, 0.2) is 0 Å². The van der Waals surface area contributed by atoms with Crippen molar-refractivity contribution in [2.24, 2.45) is 0 Å². The Balaban J connectivity index is 4.11. The van der Waals surface area contributed by atoms with E-state index in [1.807, 2.05) is 11.8 Å². The Morgan fingerprint density at radius 1 is 1.33 bits per heavy atom. The van der Waals surface area contributed by atoms with Crippen molar-refractivity contribution in [3.63, 3.8) is 0 Å². The molecule has 0 unspecified atom stereocenters. The van der Waals surface area contributed by atoms with Gasteiger partial charge in [0.05, 0.1) is 0 Å². The van der Waals surface area contributed by atoms with Gasteiger partial charge in [-0.2, -0.15) is 0 Å². The fourth-order valence-electron chi connectivity index (χ4n) is 1.26. The molecule has 0 fully saturated rings. The van der Waals surface area contributed by atoms with Crippen LogP contribution in [0.4, 0.5) is 0 Å². The molecular formula is C10H21NO. The summed E-state index contributed by atoms with van der Waals surface area (Å²) in [6.07, 6.45) is 2.73. The maximum absolute atomic E-state index is 11.4. The van der Waals surface area contributed by atoms with Crippen LogP contribution in [-0.2, 0) is 4.79 Å². The molecule has 1 amide bonds. The minimum Gasteiger partial charge on any atom is -0.340 e. The monoisotopic (exact) mass is 171 g/mol. The van der Waals surface area contributed by atoms with Crippen molar-refractivity contribution in [3.8, 4) is 0 Å². The molecule has 0 rings (SSSR count). The van der Waals surface area contributed by atoms with Gasteiger partial charge in [0.1, 0.15) is 0 Å². The van der Waals surface area contributed by atoms with Crippen molar-refractivity contribution in [3.05, 3.63) is 0 Å². The van der Waals surface area contributed by atoms with Gasteiger partial charge in [0.2, 0.25) is 5.91 Å². The van der Waals surface area contributed by atoms with Crippen LogP contribution in [0.1, 0.15) is 47.0 Å². The lowest BCUT2D eigenvalue weighted by Gasteiger charge is -2.27. The van der Waals surface area contributed by atoms with E-state index in [1.165, 1.54) is 0 Å². The number of carbonyl (C=O) groups is 1. The van der Waals surface area contributed by atoms with Crippen molar-refractivity contribution >= 4 is 5.91 Å². The van der Waals surface area contributed by atoms with Gasteiger partial charge in [0.25, 0.3) is 0 Å². The lowest BCUT2D eigenvalue weighted by molar-refractivity contribution is -0.132. The van der Waals surface area contributed by atoms with Crippen LogP contribution in [0.2, 0.25) is 0 Å². The van der Waals surface area contributed by atoms with Crippen molar-refractivity contribution in [1.29, 1.82) is 0 Å². The fraction of sp³-hybridized carbons (Fsp3) is 0.900. The molecule has 0 spiro atoms. The normalized spacial score (nSPS) is 12.7. The lowest BCUT2D eigenvalue weighted by Crippen LogP contribution is -2.38. The maximum Gasteiger partial charge on any atom is 0.222 e. The first-order valence-electron chi connectivity index (χ1n) is 4.96. The molecule has 0 radical (unpaired) electrons. The van der Waals surface area contributed by atoms with E-state index in [0.29, 0.717) is 12.5 Å². The predicted molar refractivity (Wildman–Crippen MR) is 52.0 cm³/mol. The molecule has 0 aromatic rings. The molecule has 0 aliphatic carbocycles. The first kappa shape index (κ1) is 11.5. The topological polar surface area (TPSA) is 20.3 Å². The Labute approximate surface area is 75.9 Å². The molecule has 0 aromatic carbocycles. The third-order valence-electron chi connectivity index (χ3n) is 2.21. The highest BCUT2D eigenvalue weighted by atomic mass is 16.2. The number of carbonyl (C=O) groups excluding carboxylic acids is 1. The van der Waals surface area contributed by atoms with Crippen LogP contribution in [0.25, 0.3) is 0 Å². The van der Waals surface area contributed by atoms with Crippen molar-refractivity contribution in [1.82, 2.24) is 4.90 Å². The average Bonchev–Trinajstić information content (AvgIpc) is 2.11. The first-order chi connectivity index (χ1) is 5.67. The van der Waals surface area contributed by atoms with Crippen LogP contribution in [-0.4, -0.2) is 23.4 Å². The van der Waals surface area contributed by atoms with E-state index in [4.69, 9.17) is 0 Å². The highest BCUT2D eigenvalue weighted by Gasteiger charge is 2.15. The Bertz CT molecular complexity index is 134. The van der Waals surface area contributed by atoms with E-state index in [1.54, 1.807) is 0 Å². The summed E-state index contributed by atoms with van der Waals surface area (Å²) in [7, 11) is 0. The zero-order chi connectivity index (χ0) is 9.56. The largest absolute Gasteiger partial charge is 0.340 e. The second-order valence-electron chi connectivity index (χ2n) is 3.20. The first-order valence-corrected chi connectivity index (χ1v) is 4.96. The van der Waals surface area contributed by atoms with E-state index < -0.39 is 0 Å². The minimum atomic E-state index is 0.284. The van der Waals surface area contributed by atoms with E-state index in [-0.39, 0.29) is 5.91 Å². The number of nitrogens with zero attached hydrogens (tertiary/aromatic N) is 1. The summed E-state index contributed by atoms with van der Waals surface area (Å²) in [6, 6.07) is 0.400. The standard InChI is InChI=1S/C10H21NO/c1-5-8-11(9(4)6-2)10(12)7-3/h9H,5-8H2,1-4H3/t9-/m1/s1. The molecule has 0 bridgehead atoms. The summed E-state index contributed by atoms with van der Waals surface area (Å²) in [5.41, 5.74) is 0. The maximum atomic E-state index is 11.4. The molecule has 0 saturated carbocycles. The molecule has 2 nitrogen and oxygen atoms in total. The van der Waals surface area contributed by atoms with Crippen molar-refractivity contribution < 1.29 is 4.79 Å². The molecule has 2 heteroatoms. The van der Waals surface area contributed by atoms with E-state index >= 15 is 0 Å². The van der Waals surface area contributed by atoms with Gasteiger partial charge in [-0.15, -0.1) is 0 Å². The molecular weight excluding hydrogens is 150 g/mol. The summed E-state index contributed by atoms with van der Waals surface area (Å²) in [5.74, 6) is 0.284. The number of hydrogen-bond donors (Lipinski definition) is 0. The molecule has 0 aliphatic heterocycles. The highest BCUT2D eigenvalue weighted by molar-refractivity contribution is 5.76. The Morgan fingerprint density at radius 2 is 1.92 bits per heavy atom. The Hall–Kier alpha value is -0.530. The average molecular weight is 171 g/mol. The summed E-state index contributed by atoms with van der Waals surface area (Å²) in [4.78, 5) is 13.4. The zero-order valence-corrected chi connectivity index (χ0v) is 8.76. The van der Waals surface area contributed by atoms with Gasteiger partial charge in [-0.25, -0.2) is 0 Å². The zero-order valence-electron chi connectivity index (χ0n) is 8.76. The molecule has 12 heavy (non-hydrogen) atoms. The number of rotatable bonds is 5. The quantitative estimate of drug-likeness (QED) is 0.622. The van der Waals surface area contributed by atoms with Gasteiger partial charge in [-0.3, -0.25) is 4.79 Å². The molecule has 0 N–H and O–H groups in total. The van der Waals surface area contributed by atoms with E-state index in [0.717, 1.165) is 19.4 Å². The second kappa shape index (κ2) is 6.04. The molecule has 72 valence electrons. The number of amides is 1. The Kier molecular flexibility index (Phi) is 5.77. The summed E-state index contributed by atoms with van der Waals surface area (Å²) >= 11 is 0. The summed E-state index contributed by atoms with van der Waals surface area (Å²) in [6.45, 7) is 9.17. The van der Waals surface area contributed by atoms with Gasteiger partial charge in [-0.05, 0) is 19.8 Å². The van der Waals surface area contributed by atoms with Crippen molar-refractivity contribution in [2.75, 3.05) is 6.54 Å². The van der Waals surface area contributed by atoms with Crippen LogP contribution in [0.3, 0.4) is 0 Å². The minimum absolute atomic E-state index is 0.284. The van der Waals surface area contributed by atoms with Crippen LogP contribution >= 0.6 is 0 Å². The molecule has 0 heterocycles. The van der Waals surface area contributed by atoms with Gasteiger partial charge in [-0.1, -0.05) is 20.8 Å². The molecule has 0 saturated heterocycles. The van der Waals surface area contributed by atoms with Crippen molar-refractivity contribution in [2.45, 2.75) is 53.0 Å². The van der Waals surface area contributed by atoms with Gasteiger partial charge < -0.3 is 4.90 Å². The molecule has 1 atom stereocenters. The fourth-order valence-corrected chi connectivity index (χ4v) is 1.26. The van der Waals surface area contributed by atoms with E-state index in [9.17, 15) is 4.79 Å². The van der Waals surface area contributed by atoms with Crippen LogP contribution < -0.4 is 0 Å². The third kappa shape index (κ3) is 3.24. The third-order valence-corrected chi connectivity index (χ3v) is 2.21. The van der Waals surface area contributed by atoms with Gasteiger partial charge >= 0.3 is 0 Å². The summed E-state index contributed by atoms with van der Waals surface area (Å²) < 4.78 is 0. The van der Waals surface area contributed by atoms with Crippen LogP contribution in [0, 0.1) is 0 Å². The molecule has 0 aromatic heterocycles. The second-order valence-corrected chi connectivity index (χ2v) is 3.20. The predicted octanol–water partition coefficient (Wildman–Crippen LogP) is 2.43. The number of hydrogen-bond acceptors (Lipinski definition) is 1. The van der Waals surface area contributed by atoms with Crippen LogP contribution in [0.15, 0.2) is 0 Å². The smallest absolute Gasteiger partial charge is 0.222 e. The Morgan fingerprint density at radius 3 is 2.25 bits per heavy atom. The lowest BCUT2D eigenvalue weighted by atomic mass is 10.2. The van der Waals surface area contributed by atoms with Gasteiger partial charge in [0, 0.05) is 19.0 Å². The molecule has 0 aliphatic rings. The van der Waals surface area contributed by atoms with E-state index in [2.05, 4.69) is 20.8 Å². The summed E-state index contributed by atoms with van der Waals surface area (Å²) in [5, 5.41) is 0.